The summed E-state index contributed by atoms with van der Waals surface area (Å²) in [6.07, 6.45) is 0. The van der Waals surface area contributed by atoms with Crippen molar-refractivity contribution >= 4 is 49.8 Å². The number of hydrogen-bond acceptors (Lipinski definition) is 2. The van der Waals surface area contributed by atoms with Crippen LogP contribution in [0.4, 0.5) is 17.1 Å². The minimum absolute atomic E-state index is 0.402. The third kappa shape index (κ3) is 3.45. The summed E-state index contributed by atoms with van der Waals surface area (Å²) < 4.78 is 6.70. The van der Waals surface area contributed by atoms with Gasteiger partial charge in [-0.3, -0.25) is 0 Å². The Kier molecular flexibility index (Phi) is 5.34. The first-order valence-corrected chi connectivity index (χ1v) is 16.9. The van der Waals surface area contributed by atoms with Crippen LogP contribution in [-0.2, 0) is 5.41 Å². The molecular weight excluding hydrogens is 595 g/mol. The van der Waals surface area contributed by atoms with E-state index in [2.05, 4.69) is 181 Å². The van der Waals surface area contributed by atoms with Crippen LogP contribution in [0.1, 0.15) is 22.3 Å². The highest BCUT2D eigenvalue weighted by Gasteiger charge is 2.52. The molecule has 1 spiro atoms. The summed E-state index contributed by atoms with van der Waals surface area (Å²) >= 11 is 0. The van der Waals surface area contributed by atoms with Crippen molar-refractivity contribution in [2.75, 3.05) is 4.90 Å². The van der Waals surface area contributed by atoms with Crippen molar-refractivity contribution in [3.8, 4) is 22.3 Å². The topological polar surface area (TPSA) is 16.4 Å². The van der Waals surface area contributed by atoms with Crippen LogP contribution in [0.25, 0.3) is 55.0 Å². The Hall–Kier alpha value is -6.38. The number of furan rings is 1. The molecule has 8 aromatic carbocycles. The lowest BCUT2D eigenvalue weighted by Crippen LogP contribution is -2.26. The van der Waals surface area contributed by atoms with E-state index in [0.29, 0.717) is 0 Å². The smallest absolute Gasteiger partial charge is 0.143 e. The number of fused-ring (bicyclic) bond motifs is 15. The number of nitrogens with zero attached hydrogens (tertiary/aromatic N) is 1. The summed E-state index contributed by atoms with van der Waals surface area (Å²) in [6.45, 7) is 0. The molecule has 0 aliphatic heterocycles. The number of para-hydroxylation sites is 1. The van der Waals surface area contributed by atoms with Crippen LogP contribution < -0.4 is 4.90 Å². The summed E-state index contributed by atoms with van der Waals surface area (Å²) in [7, 11) is 0. The van der Waals surface area contributed by atoms with Gasteiger partial charge in [0.1, 0.15) is 11.2 Å². The van der Waals surface area contributed by atoms with Gasteiger partial charge in [-0.1, -0.05) is 133 Å². The average Bonchev–Trinajstić information content (AvgIpc) is 3.80. The Balaban J connectivity index is 1.20. The molecule has 2 nitrogen and oxygen atoms in total. The monoisotopic (exact) mass is 623 g/mol. The van der Waals surface area contributed by atoms with Crippen molar-refractivity contribution in [3.05, 3.63) is 198 Å². The van der Waals surface area contributed by atoms with Crippen LogP contribution in [0.5, 0.6) is 0 Å². The summed E-state index contributed by atoms with van der Waals surface area (Å²) in [5.74, 6) is 0. The fraction of sp³-hybridized carbons (Fsp3) is 0.0213. The molecule has 0 bridgehead atoms. The molecule has 49 heavy (non-hydrogen) atoms. The number of benzene rings is 8. The summed E-state index contributed by atoms with van der Waals surface area (Å²) in [5.41, 5.74) is 15.2. The molecule has 0 atom stereocenters. The zero-order chi connectivity index (χ0) is 32.1. The molecule has 0 fully saturated rings. The van der Waals surface area contributed by atoms with Crippen molar-refractivity contribution in [1.82, 2.24) is 0 Å². The normalized spacial score (nSPS) is 13.5. The van der Waals surface area contributed by atoms with Crippen LogP contribution in [-0.4, -0.2) is 0 Å². The first kappa shape index (κ1) is 26.7. The molecule has 0 unspecified atom stereocenters. The van der Waals surface area contributed by atoms with E-state index >= 15 is 0 Å². The predicted molar refractivity (Wildman–Crippen MR) is 202 cm³/mol. The van der Waals surface area contributed by atoms with E-state index in [1.165, 1.54) is 49.9 Å². The first-order valence-electron chi connectivity index (χ1n) is 16.9. The van der Waals surface area contributed by atoms with Crippen LogP contribution >= 0.6 is 0 Å². The average molecular weight is 624 g/mol. The highest BCUT2D eigenvalue weighted by Crippen LogP contribution is 2.64. The molecule has 1 heterocycles. The minimum atomic E-state index is -0.402. The van der Waals surface area contributed by atoms with Crippen molar-refractivity contribution in [2.45, 2.75) is 5.41 Å². The maximum Gasteiger partial charge on any atom is 0.143 e. The zero-order valence-corrected chi connectivity index (χ0v) is 26.6. The Morgan fingerprint density at radius 3 is 1.80 bits per heavy atom. The molecular formula is C47H29NO. The molecule has 0 saturated heterocycles. The van der Waals surface area contributed by atoms with E-state index in [4.69, 9.17) is 4.42 Å². The molecule has 0 radical (unpaired) electrons. The summed E-state index contributed by atoms with van der Waals surface area (Å²) in [5, 5.41) is 4.58. The van der Waals surface area contributed by atoms with Gasteiger partial charge in [0.15, 0.2) is 0 Å². The fourth-order valence-electron chi connectivity index (χ4n) is 8.95. The Labute approximate surface area is 284 Å². The van der Waals surface area contributed by atoms with E-state index in [0.717, 1.165) is 44.4 Å². The molecule has 228 valence electrons. The van der Waals surface area contributed by atoms with E-state index in [1.807, 2.05) is 0 Å². The predicted octanol–water partition coefficient (Wildman–Crippen LogP) is 12.6. The molecule has 0 saturated carbocycles. The van der Waals surface area contributed by atoms with Crippen molar-refractivity contribution in [2.24, 2.45) is 0 Å². The molecule has 9 aromatic rings. The van der Waals surface area contributed by atoms with E-state index < -0.39 is 5.41 Å². The SMILES string of the molecule is c1ccc(N(c2ccc3c(c2)oc2c4ccccc4ccc32)c2cccc3c2-c2ccccc2C32c3ccccc3-c3ccccc32)cc1. The van der Waals surface area contributed by atoms with Gasteiger partial charge in [0, 0.05) is 39.2 Å². The van der Waals surface area contributed by atoms with Crippen LogP contribution in [0.15, 0.2) is 180 Å². The van der Waals surface area contributed by atoms with E-state index in [1.54, 1.807) is 0 Å². The van der Waals surface area contributed by atoms with Crippen molar-refractivity contribution < 1.29 is 4.42 Å². The standard InChI is InChI=1S/C47H29NO/c1-2-14-31(15-3-1)48(32-26-28-36-37-27-25-30-13-4-5-16-33(30)46(37)49-44(36)29-32)43-24-12-23-42-45(43)38-19-8-11-22-41(38)47(42)39-20-9-6-17-34(39)35-18-7-10-21-40(35)47/h1-29H. The number of hydrogen-bond donors (Lipinski definition) is 0. The highest BCUT2D eigenvalue weighted by molar-refractivity contribution is 6.15. The third-order valence-electron chi connectivity index (χ3n) is 10.9. The Morgan fingerprint density at radius 2 is 1.02 bits per heavy atom. The van der Waals surface area contributed by atoms with Gasteiger partial charge in [-0.05, 0) is 80.7 Å². The molecule has 0 N–H and O–H groups in total. The molecule has 1 aromatic heterocycles. The molecule has 2 aliphatic rings. The maximum atomic E-state index is 6.70. The van der Waals surface area contributed by atoms with Crippen LogP contribution in [0.2, 0.25) is 0 Å². The van der Waals surface area contributed by atoms with Crippen molar-refractivity contribution in [1.29, 1.82) is 0 Å². The first-order chi connectivity index (χ1) is 24.3. The highest BCUT2D eigenvalue weighted by atomic mass is 16.3. The van der Waals surface area contributed by atoms with Gasteiger partial charge in [-0.15, -0.1) is 0 Å². The molecule has 11 rings (SSSR count). The van der Waals surface area contributed by atoms with Gasteiger partial charge in [-0.2, -0.15) is 0 Å². The van der Waals surface area contributed by atoms with Crippen molar-refractivity contribution in [3.63, 3.8) is 0 Å². The van der Waals surface area contributed by atoms with E-state index in [9.17, 15) is 0 Å². The van der Waals surface area contributed by atoms with Gasteiger partial charge in [0.05, 0.1) is 11.1 Å². The zero-order valence-electron chi connectivity index (χ0n) is 26.6. The molecule has 2 aliphatic carbocycles. The van der Waals surface area contributed by atoms with Gasteiger partial charge in [-0.25, -0.2) is 0 Å². The molecule has 0 amide bonds. The Morgan fingerprint density at radius 1 is 0.408 bits per heavy atom. The fourth-order valence-corrected chi connectivity index (χ4v) is 8.95. The van der Waals surface area contributed by atoms with E-state index in [-0.39, 0.29) is 0 Å². The quantitative estimate of drug-likeness (QED) is 0.195. The van der Waals surface area contributed by atoms with Crippen LogP contribution in [0.3, 0.4) is 0 Å². The third-order valence-corrected chi connectivity index (χ3v) is 10.9. The number of anilines is 3. The summed E-state index contributed by atoms with van der Waals surface area (Å²) in [4.78, 5) is 2.41. The second kappa shape index (κ2) is 9.82. The van der Waals surface area contributed by atoms with Gasteiger partial charge in [0.25, 0.3) is 0 Å². The second-order valence-electron chi connectivity index (χ2n) is 13.2. The van der Waals surface area contributed by atoms with Crippen LogP contribution in [0, 0.1) is 0 Å². The lowest BCUT2D eigenvalue weighted by molar-refractivity contribution is 0.672. The lowest BCUT2D eigenvalue weighted by atomic mass is 9.70. The Bertz CT molecular complexity index is 2740. The second-order valence-corrected chi connectivity index (χ2v) is 13.2. The largest absolute Gasteiger partial charge is 0.455 e. The lowest BCUT2D eigenvalue weighted by Gasteiger charge is -2.31. The maximum absolute atomic E-state index is 6.70. The van der Waals surface area contributed by atoms with Gasteiger partial charge in [0.2, 0.25) is 0 Å². The molecule has 2 heteroatoms. The minimum Gasteiger partial charge on any atom is -0.455 e. The van der Waals surface area contributed by atoms with Gasteiger partial charge < -0.3 is 9.32 Å². The summed E-state index contributed by atoms with van der Waals surface area (Å²) in [6, 6.07) is 64.1. The van der Waals surface area contributed by atoms with Gasteiger partial charge >= 0.3 is 0 Å². The number of rotatable bonds is 3.